The smallest absolute Gasteiger partial charge is 0.312 e. The Labute approximate surface area is 132 Å². The molecule has 0 aliphatic heterocycles. The van der Waals surface area contributed by atoms with Crippen LogP contribution in [0.1, 0.15) is 38.0 Å². The lowest BCUT2D eigenvalue weighted by atomic mass is 9.97. The zero-order valence-corrected chi connectivity index (χ0v) is 13.3. The van der Waals surface area contributed by atoms with Gasteiger partial charge >= 0.3 is 5.97 Å². The molecule has 0 heterocycles. The molecule has 0 saturated heterocycles. The van der Waals surface area contributed by atoms with E-state index in [4.69, 9.17) is 4.74 Å². The molecule has 0 aliphatic rings. The van der Waals surface area contributed by atoms with Gasteiger partial charge in [0.05, 0.1) is 5.41 Å². The fourth-order valence-corrected chi connectivity index (χ4v) is 1.92. The van der Waals surface area contributed by atoms with E-state index in [9.17, 15) is 4.79 Å². The van der Waals surface area contributed by atoms with E-state index in [0.29, 0.717) is 0 Å². The summed E-state index contributed by atoms with van der Waals surface area (Å²) in [4.78, 5) is 12.2. The number of esters is 1. The summed E-state index contributed by atoms with van der Waals surface area (Å²) in [5, 5.41) is 0. The molecule has 0 unspecified atom stereocenters. The van der Waals surface area contributed by atoms with Crippen LogP contribution < -0.4 is 0 Å². The fourth-order valence-electron chi connectivity index (χ4n) is 1.92. The van der Waals surface area contributed by atoms with Crippen LogP contribution in [-0.2, 0) is 9.53 Å². The molecule has 22 heavy (non-hydrogen) atoms. The van der Waals surface area contributed by atoms with Crippen molar-refractivity contribution < 1.29 is 9.53 Å². The van der Waals surface area contributed by atoms with Gasteiger partial charge in [0, 0.05) is 0 Å². The first-order chi connectivity index (χ1) is 10.5. The summed E-state index contributed by atoms with van der Waals surface area (Å²) >= 11 is 0. The van der Waals surface area contributed by atoms with Crippen LogP contribution >= 0.6 is 0 Å². The van der Waals surface area contributed by atoms with Crippen LogP contribution in [0.2, 0.25) is 0 Å². The van der Waals surface area contributed by atoms with Gasteiger partial charge in [0.15, 0.2) is 0 Å². The van der Waals surface area contributed by atoms with Crippen LogP contribution in [-0.4, -0.2) is 5.97 Å². The molecule has 0 radical (unpaired) electrons. The number of rotatable bonds is 4. The second kappa shape index (κ2) is 7.08. The van der Waals surface area contributed by atoms with E-state index in [1.807, 2.05) is 93.6 Å². The Kier molecular flexibility index (Phi) is 5.16. The largest absolute Gasteiger partial charge is 0.453 e. The van der Waals surface area contributed by atoms with Gasteiger partial charge in [0.2, 0.25) is 0 Å². The van der Waals surface area contributed by atoms with E-state index >= 15 is 0 Å². The quantitative estimate of drug-likeness (QED) is 0.739. The third kappa shape index (κ3) is 4.59. The van der Waals surface area contributed by atoms with E-state index in [0.717, 1.165) is 11.1 Å². The lowest BCUT2D eigenvalue weighted by Gasteiger charge is -2.21. The number of ether oxygens (including phenoxy) is 1. The first kappa shape index (κ1) is 16.0. The topological polar surface area (TPSA) is 26.3 Å². The van der Waals surface area contributed by atoms with E-state index < -0.39 is 5.41 Å². The van der Waals surface area contributed by atoms with Crippen molar-refractivity contribution in [2.75, 3.05) is 0 Å². The van der Waals surface area contributed by atoms with Gasteiger partial charge in [-0.25, -0.2) is 0 Å². The zero-order chi connectivity index (χ0) is 16.0. The Balaban J connectivity index is 2.23. The average molecular weight is 294 g/mol. The molecule has 2 aromatic rings. The van der Waals surface area contributed by atoms with Gasteiger partial charge in [0.25, 0.3) is 0 Å². The summed E-state index contributed by atoms with van der Waals surface area (Å²) in [5.41, 5.74) is 1.52. The third-order valence-corrected chi connectivity index (χ3v) is 3.24. The van der Waals surface area contributed by atoms with Crippen LogP contribution in [0.15, 0.2) is 66.7 Å². The van der Waals surface area contributed by atoms with E-state index in [1.165, 1.54) is 0 Å². The SMILES string of the molecule is CC(C)(C)C(=O)O[C@H](/C=C/c1ccccc1)c1ccccc1. The molecule has 0 aromatic heterocycles. The highest BCUT2D eigenvalue weighted by Crippen LogP contribution is 2.25. The summed E-state index contributed by atoms with van der Waals surface area (Å²) in [6.07, 6.45) is 3.52. The van der Waals surface area contributed by atoms with Crippen molar-refractivity contribution in [2.24, 2.45) is 5.41 Å². The molecule has 1 atom stereocenters. The minimum absolute atomic E-state index is 0.209. The van der Waals surface area contributed by atoms with Crippen molar-refractivity contribution in [3.63, 3.8) is 0 Å². The first-order valence-corrected chi connectivity index (χ1v) is 7.46. The van der Waals surface area contributed by atoms with Crippen LogP contribution in [0.5, 0.6) is 0 Å². The second-order valence-corrected chi connectivity index (χ2v) is 6.26. The molecular weight excluding hydrogens is 272 g/mol. The number of hydrogen-bond acceptors (Lipinski definition) is 2. The highest BCUT2D eigenvalue weighted by atomic mass is 16.5. The van der Waals surface area contributed by atoms with Crippen molar-refractivity contribution >= 4 is 12.0 Å². The highest BCUT2D eigenvalue weighted by molar-refractivity contribution is 5.76. The molecule has 2 aromatic carbocycles. The molecule has 0 spiro atoms. The monoisotopic (exact) mass is 294 g/mol. The molecule has 0 saturated carbocycles. The Bertz CT molecular complexity index is 622. The zero-order valence-electron chi connectivity index (χ0n) is 13.3. The lowest BCUT2D eigenvalue weighted by Crippen LogP contribution is -2.24. The Morgan fingerprint density at radius 1 is 0.955 bits per heavy atom. The molecule has 0 N–H and O–H groups in total. The van der Waals surface area contributed by atoms with Gasteiger partial charge < -0.3 is 4.74 Å². The van der Waals surface area contributed by atoms with Crippen molar-refractivity contribution in [3.8, 4) is 0 Å². The summed E-state index contributed by atoms with van der Waals surface area (Å²) in [5.74, 6) is -0.209. The standard InChI is InChI=1S/C20H22O2/c1-20(2,3)19(21)22-18(17-12-8-5-9-13-17)15-14-16-10-6-4-7-11-16/h4-15,18H,1-3H3/b15-14+/t18-/m1/s1. The normalized spacial score (nSPS) is 13.0. The minimum Gasteiger partial charge on any atom is -0.453 e. The molecule has 2 rings (SSSR count). The first-order valence-electron chi connectivity index (χ1n) is 7.46. The van der Waals surface area contributed by atoms with Crippen molar-refractivity contribution in [1.29, 1.82) is 0 Å². The number of carbonyl (C=O) groups excluding carboxylic acids is 1. The highest BCUT2D eigenvalue weighted by Gasteiger charge is 2.26. The Morgan fingerprint density at radius 3 is 2.05 bits per heavy atom. The average Bonchev–Trinajstić information content (AvgIpc) is 2.52. The van der Waals surface area contributed by atoms with Crippen LogP contribution in [0.3, 0.4) is 0 Å². The lowest BCUT2D eigenvalue weighted by molar-refractivity contribution is -0.156. The van der Waals surface area contributed by atoms with Gasteiger partial charge in [-0.15, -0.1) is 0 Å². The Morgan fingerprint density at radius 2 is 1.50 bits per heavy atom. The van der Waals surface area contributed by atoms with Gasteiger partial charge in [0.1, 0.15) is 6.10 Å². The molecule has 0 bridgehead atoms. The number of carbonyl (C=O) groups is 1. The fraction of sp³-hybridized carbons (Fsp3) is 0.250. The van der Waals surface area contributed by atoms with Crippen molar-refractivity contribution in [2.45, 2.75) is 26.9 Å². The molecular formula is C20H22O2. The Hall–Kier alpha value is -2.35. The molecule has 2 nitrogen and oxygen atoms in total. The summed E-state index contributed by atoms with van der Waals surface area (Å²) < 4.78 is 5.70. The molecule has 114 valence electrons. The third-order valence-electron chi connectivity index (χ3n) is 3.24. The van der Waals surface area contributed by atoms with Gasteiger partial charge in [-0.1, -0.05) is 66.7 Å². The second-order valence-electron chi connectivity index (χ2n) is 6.26. The van der Waals surface area contributed by atoms with Crippen molar-refractivity contribution in [3.05, 3.63) is 77.9 Å². The molecule has 0 amide bonds. The molecule has 0 aliphatic carbocycles. The number of hydrogen-bond donors (Lipinski definition) is 0. The summed E-state index contributed by atoms with van der Waals surface area (Å²) in [6.45, 7) is 5.58. The van der Waals surface area contributed by atoms with Crippen LogP contribution in [0, 0.1) is 5.41 Å². The van der Waals surface area contributed by atoms with Gasteiger partial charge in [-0.05, 0) is 38.0 Å². The van der Waals surface area contributed by atoms with Crippen molar-refractivity contribution in [1.82, 2.24) is 0 Å². The van der Waals surface area contributed by atoms with Gasteiger partial charge in [-0.3, -0.25) is 4.79 Å². The maximum absolute atomic E-state index is 12.2. The van der Waals surface area contributed by atoms with Crippen LogP contribution in [0.25, 0.3) is 6.08 Å². The van der Waals surface area contributed by atoms with E-state index in [1.54, 1.807) is 0 Å². The van der Waals surface area contributed by atoms with Crippen LogP contribution in [0.4, 0.5) is 0 Å². The molecule has 0 fully saturated rings. The maximum atomic E-state index is 12.2. The maximum Gasteiger partial charge on any atom is 0.312 e. The number of benzene rings is 2. The predicted octanol–water partition coefficient (Wildman–Crippen LogP) is 5.03. The predicted molar refractivity (Wildman–Crippen MR) is 90.2 cm³/mol. The summed E-state index contributed by atoms with van der Waals surface area (Å²) in [7, 11) is 0. The van der Waals surface area contributed by atoms with E-state index in [-0.39, 0.29) is 12.1 Å². The van der Waals surface area contributed by atoms with Gasteiger partial charge in [-0.2, -0.15) is 0 Å². The summed E-state index contributed by atoms with van der Waals surface area (Å²) in [6, 6.07) is 19.8. The van der Waals surface area contributed by atoms with E-state index in [2.05, 4.69) is 0 Å². The molecule has 2 heteroatoms. The minimum atomic E-state index is -0.520.